The Labute approximate surface area is 151 Å². The number of hydrogen-bond acceptors (Lipinski definition) is 4. The second-order valence-corrected chi connectivity index (χ2v) is 7.94. The summed E-state index contributed by atoms with van der Waals surface area (Å²) in [6, 6.07) is 6.24. The summed E-state index contributed by atoms with van der Waals surface area (Å²) < 4.78 is 6.03. The van der Waals surface area contributed by atoms with Crippen molar-refractivity contribution in [1.82, 2.24) is 15.2 Å². The van der Waals surface area contributed by atoms with Crippen LogP contribution in [0, 0.1) is 18.3 Å². The quantitative estimate of drug-likeness (QED) is 0.861. The number of aryl methyl sites for hydroxylation is 1. The fourth-order valence-electron chi connectivity index (χ4n) is 4.19. The Kier molecular flexibility index (Phi) is 5.74. The van der Waals surface area contributed by atoms with Gasteiger partial charge in [0.25, 0.3) is 0 Å². The van der Waals surface area contributed by atoms with Gasteiger partial charge in [0.15, 0.2) is 0 Å². The van der Waals surface area contributed by atoms with Crippen molar-refractivity contribution < 1.29 is 9.53 Å². The number of likely N-dealkylation sites (tertiary alicyclic amines) is 1. The van der Waals surface area contributed by atoms with Crippen LogP contribution < -0.4 is 5.32 Å². The molecule has 2 aliphatic rings. The number of carbonyl (C=O) groups excluding carboxylic acids is 1. The molecule has 1 aromatic heterocycles. The summed E-state index contributed by atoms with van der Waals surface area (Å²) in [5.74, 6) is 0.187. The third-order valence-electron chi connectivity index (χ3n) is 5.63. The van der Waals surface area contributed by atoms with Crippen LogP contribution in [0.5, 0.6) is 0 Å². The van der Waals surface area contributed by atoms with Crippen LogP contribution in [0.2, 0.25) is 0 Å². The number of hydrogen-bond donors (Lipinski definition) is 1. The van der Waals surface area contributed by atoms with E-state index in [1.807, 2.05) is 26.8 Å². The van der Waals surface area contributed by atoms with Crippen molar-refractivity contribution in [1.29, 1.82) is 0 Å². The third-order valence-corrected chi connectivity index (χ3v) is 5.63. The summed E-state index contributed by atoms with van der Waals surface area (Å²) in [5, 5.41) is 3.08. The Bertz CT molecular complexity index is 604. The molecule has 0 radical (unpaired) electrons. The Hall–Kier alpha value is -1.46. The third kappa shape index (κ3) is 4.39. The van der Waals surface area contributed by atoms with Gasteiger partial charge in [-0.05, 0) is 38.3 Å². The number of aromatic nitrogens is 1. The number of pyridine rings is 1. The molecule has 2 fully saturated rings. The van der Waals surface area contributed by atoms with Gasteiger partial charge < -0.3 is 10.1 Å². The lowest BCUT2D eigenvalue weighted by molar-refractivity contribution is -0.124. The number of amides is 1. The predicted molar refractivity (Wildman–Crippen MR) is 98.1 cm³/mol. The van der Waals surface area contributed by atoms with Crippen molar-refractivity contribution in [3.05, 3.63) is 29.6 Å². The van der Waals surface area contributed by atoms with E-state index in [2.05, 4.69) is 27.3 Å². The lowest BCUT2D eigenvalue weighted by Gasteiger charge is -2.44. The molecule has 5 nitrogen and oxygen atoms in total. The van der Waals surface area contributed by atoms with Gasteiger partial charge in [-0.3, -0.25) is 14.7 Å². The smallest absolute Gasteiger partial charge is 0.222 e. The SMILES string of the molecule is Cc1cccc(CN2CC[C@@H]3OCC[C@]3(CCNC(=O)C(C)C)C2)n1. The topological polar surface area (TPSA) is 54.5 Å². The zero-order valence-electron chi connectivity index (χ0n) is 15.8. The van der Waals surface area contributed by atoms with E-state index in [9.17, 15) is 4.79 Å². The molecule has 3 rings (SSSR count). The number of carbonyl (C=O) groups is 1. The summed E-state index contributed by atoms with van der Waals surface area (Å²) in [6.07, 6.45) is 3.50. The van der Waals surface area contributed by atoms with E-state index in [-0.39, 0.29) is 17.2 Å². The van der Waals surface area contributed by atoms with E-state index in [1.165, 1.54) is 0 Å². The zero-order chi connectivity index (χ0) is 17.9. The minimum absolute atomic E-state index is 0.0448. The molecular formula is C20H31N3O2. The molecule has 1 amide bonds. The molecule has 5 heteroatoms. The first-order valence-corrected chi connectivity index (χ1v) is 9.53. The van der Waals surface area contributed by atoms with Crippen LogP contribution in [0.15, 0.2) is 18.2 Å². The van der Waals surface area contributed by atoms with Crippen molar-refractivity contribution in [2.24, 2.45) is 11.3 Å². The van der Waals surface area contributed by atoms with Crippen molar-refractivity contribution in [3.8, 4) is 0 Å². The number of ether oxygens (including phenoxy) is 1. The molecular weight excluding hydrogens is 314 g/mol. The Morgan fingerprint density at radius 1 is 1.48 bits per heavy atom. The monoisotopic (exact) mass is 345 g/mol. The van der Waals surface area contributed by atoms with Crippen LogP contribution in [0.1, 0.15) is 44.5 Å². The van der Waals surface area contributed by atoms with Gasteiger partial charge in [-0.1, -0.05) is 19.9 Å². The van der Waals surface area contributed by atoms with Crippen LogP contribution in [0.25, 0.3) is 0 Å². The van der Waals surface area contributed by atoms with Gasteiger partial charge in [-0.15, -0.1) is 0 Å². The van der Waals surface area contributed by atoms with Crippen LogP contribution >= 0.6 is 0 Å². The zero-order valence-corrected chi connectivity index (χ0v) is 15.8. The maximum absolute atomic E-state index is 11.9. The summed E-state index contributed by atoms with van der Waals surface area (Å²) >= 11 is 0. The molecule has 0 unspecified atom stereocenters. The number of nitrogens with zero attached hydrogens (tertiary/aromatic N) is 2. The summed E-state index contributed by atoms with van der Waals surface area (Å²) in [6.45, 7) is 10.5. The first kappa shape index (κ1) is 18.3. The molecule has 1 N–H and O–H groups in total. The molecule has 0 bridgehead atoms. The maximum Gasteiger partial charge on any atom is 0.222 e. The van der Waals surface area contributed by atoms with Gasteiger partial charge in [-0.2, -0.15) is 0 Å². The van der Waals surface area contributed by atoms with E-state index >= 15 is 0 Å². The van der Waals surface area contributed by atoms with Gasteiger partial charge in [0.1, 0.15) is 0 Å². The van der Waals surface area contributed by atoms with Gasteiger partial charge in [0, 0.05) is 49.8 Å². The minimum atomic E-state index is 0.0448. The highest BCUT2D eigenvalue weighted by molar-refractivity contribution is 5.77. The van der Waals surface area contributed by atoms with Crippen molar-refractivity contribution in [2.75, 3.05) is 26.2 Å². The summed E-state index contributed by atoms with van der Waals surface area (Å²) in [7, 11) is 0. The number of fused-ring (bicyclic) bond motifs is 1. The molecule has 2 saturated heterocycles. The molecule has 0 aromatic carbocycles. The van der Waals surface area contributed by atoms with Crippen LogP contribution in [0.4, 0.5) is 0 Å². The number of rotatable bonds is 6. The molecule has 2 atom stereocenters. The molecule has 25 heavy (non-hydrogen) atoms. The van der Waals surface area contributed by atoms with E-state index in [1.54, 1.807) is 0 Å². The van der Waals surface area contributed by atoms with Crippen LogP contribution in [-0.4, -0.2) is 48.1 Å². The fourth-order valence-corrected chi connectivity index (χ4v) is 4.19. The highest BCUT2D eigenvalue weighted by Gasteiger charge is 2.47. The molecule has 0 saturated carbocycles. The van der Waals surface area contributed by atoms with Crippen molar-refractivity contribution in [2.45, 2.75) is 52.7 Å². The number of nitrogens with one attached hydrogen (secondary N) is 1. The van der Waals surface area contributed by atoms with Gasteiger partial charge in [0.2, 0.25) is 5.91 Å². The Morgan fingerprint density at radius 2 is 2.32 bits per heavy atom. The first-order valence-electron chi connectivity index (χ1n) is 9.53. The lowest BCUT2D eigenvalue weighted by atomic mass is 9.74. The molecule has 138 valence electrons. The van der Waals surface area contributed by atoms with Crippen molar-refractivity contribution >= 4 is 5.91 Å². The second-order valence-electron chi connectivity index (χ2n) is 7.94. The molecule has 2 aliphatic heterocycles. The number of piperidine rings is 1. The fraction of sp³-hybridized carbons (Fsp3) is 0.700. The molecule has 1 aromatic rings. The van der Waals surface area contributed by atoms with Gasteiger partial charge >= 0.3 is 0 Å². The van der Waals surface area contributed by atoms with E-state index in [4.69, 9.17) is 4.74 Å². The summed E-state index contributed by atoms with van der Waals surface area (Å²) in [4.78, 5) is 19.0. The Balaban J connectivity index is 1.61. The van der Waals surface area contributed by atoms with E-state index < -0.39 is 0 Å². The normalized spacial score (nSPS) is 26.6. The lowest BCUT2D eigenvalue weighted by Crippen LogP contribution is -2.50. The van der Waals surface area contributed by atoms with E-state index in [0.717, 1.165) is 63.4 Å². The predicted octanol–water partition coefficient (Wildman–Crippen LogP) is 2.53. The largest absolute Gasteiger partial charge is 0.378 e. The summed E-state index contributed by atoms with van der Waals surface area (Å²) in [5.41, 5.74) is 2.38. The highest BCUT2D eigenvalue weighted by Crippen LogP contribution is 2.43. The Morgan fingerprint density at radius 3 is 3.08 bits per heavy atom. The molecule has 0 aliphatic carbocycles. The average molecular weight is 345 g/mol. The van der Waals surface area contributed by atoms with E-state index in [0.29, 0.717) is 6.10 Å². The van der Waals surface area contributed by atoms with Gasteiger partial charge in [-0.25, -0.2) is 0 Å². The first-order chi connectivity index (χ1) is 12.0. The van der Waals surface area contributed by atoms with Gasteiger partial charge in [0.05, 0.1) is 11.8 Å². The standard InChI is InChI=1S/C20H31N3O2/c1-15(2)19(24)21-10-8-20-9-12-25-18(20)7-11-23(14-20)13-17-6-4-5-16(3)22-17/h4-6,15,18H,7-14H2,1-3H3,(H,21,24)/t18-,20+/m0/s1. The molecule has 3 heterocycles. The van der Waals surface area contributed by atoms with Crippen molar-refractivity contribution in [3.63, 3.8) is 0 Å². The second kappa shape index (κ2) is 7.83. The maximum atomic E-state index is 11.9. The average Bonchev–Trinajstić information content (AvgIpc) is 2.97. The van der Waals surface area contributed by atoms with Crippen LogP contribution in [0.3, 0.4) is 0 Å². The molecule has 0 spiro atoms. The highest BCUT2D eigenvalue weighted by atomic mass is 16.5. The van der Waals surface area contributed by atoms with Crippen LogP contribution in [-0.2, 0) is 16.1 Å². The minimum Gasteiger partial charge on any atom is -0.378 e.